The summed E-state index contributed by atoms with van der Waals surface area (Å²) in [5, 5.41) is 0. The Morgan fingerprint density at radius 1 is 0.404 bits per heavy atom. The zero-order valence-electron chi connectivity index (χ0n) is 35.4. The van der Waals surface area contributed by atoms with E-state index in [1.165, 1.54) is 135 Å². The Balaban J connectivity index is 4.32. The quantitative estimate of drug-likeness (QED) is 0.0354. The van der Waals surface area contributed by atoms with E-state index in [-0.39, 0.29) is 31.1 Å². The average Bonchev–Trinajstić information content (AvgIpc) is 3.12. The van der Waals surface area contributed by atoms with E-state index in [4.69, 9.17) is 14.2 Å². The molecule has 0 aliphatic heterocycles. The van der Waals surface area contributed by atoms with Crippen LogP contribution in [-0.2, 0) is 28.6 Å². The summed E-state index contributed by atoms with van der Waals surface area (Å²) in [7, 11) is 0. The van der Waals surface area contributed by atoms with E-state index in [9.17, 15) is 14.4 Å². The normalized spacial score (nSPS) is 12.6. The smallest absolute Gasteiger partial charge is 0.306 e. The summed E-state index contributed by atoms with van der Waals surface area (Å²) in [6, 6.07) is 0. The molecule has 308 valence electrons. The standard InChI is InChI=1S/C46H88O6/c1-6-8-9-10-11-12-17-20-26-31-36-44(47)50-39-43(52-46(49)38-33-28-23-22-25-30-35-42(5)7-2)40-51-45(48)37-32-27-21-18-15-13-14-16-19-24-29-34-41(3)4/h41-43H,6-40H2,1-5H3/t42?,43-/m0/s1. The van der Waals surface area contributed by atoms with Crippen LogP contribution in [0.25, 0.3) is 0 Å². The Hall–Kier alpha value is -1.59. The number of rotatable bonds is 40. The molecule has 0 aromatic heterocycles. The van der Waals surface area contributed by atoms with Crippen molar-refractivity contribution in [2.45, 2.75) is 253 Å². The van der Waals surface area contributed by atoms with E-state index in [0.29, 0.717) is 19.3 Å². The maximum Gasteiger partial charge on any atom is 0.306 e. The fraction of sp³-hybridized carbons (Fsp3) is 0.935. The molecule has 0 aliphatic carbocycles. The van der Waals surface area contributed by atoms with Gasteiger partial charge in [-0.05, 0) is 31.1 Å². The van der Waals surface area contributed by atoms with Crippen molar-refractivity contribution in [3.63, 3.8) is 0 Å². The van der Waals surface area contributed by atoms with E-state index in [1.807, 2.05) is 0 Å². The lowest BCUT2D eigenvalue weighted by Gasteiger charge is -2.18. The summed E-state index contributed by atoms with van der Waals surface area (Å²) < 4.78 is 16.7. The highest BCUT2D eigenvalue weighted by molar-refractivity contribution is 5.71. The van der Waals surface area contributed by atoms with Crippen LogP contribution in [0.5, 0.6) is 0 Å². The molecular formula is C46H88O6. The van der Waals surface area contributed by atoms with Gasteiger partial charge in [-0.3, -0.25) is 14.4 Å². The summed E-state index contributed by atoms with van der Waals surface area (Å²) in [5.74, 6) is 0.775. The minimum absolute atomic E-state index is 0.0657. The van der Waals surface area contributed by atoms with Gasteiger partial charge in [0.15, 0.2) is 6.10 Å². The molecule has 0 saturated heterocycles. The molecule has 0 aliphatic rings. The molecule has 0 N–H and O–H groups in total. The highest BCUT2D eigenvalue weighted by Crippen LogP contribution is 2.17. The van der Waals surface area contributed by atoms with Crippen molar-refractivity contribution in [1.29, 1.82) is 0 Å². The maximum absolute atomic E-state index is 12.7. The third kappa shape index (κ3) is 38.1. The van der Waals surface area contributed by atoms with Crippen LogP contribution in [0.4, 0.5) is 0 Å². The van der Waals surface area contributed by atoms with Gasteiger partial charge in [-0.1, -0.05) is 208 Å². The molecule has 2 atom stereocenters. The van der Waals surface area contributed by atoms with Gasteiger partial charge < -0.3 is 14.2 Å². The van der Waals surface area contributed by atoms with Crippen molar-refractivity contribution < 1.29 is 28.6 Å². The SMILES string of the molecule is CCCCCCCCCCCCC(=O)OC[C@@H](COC(=O)CCCCCCCCCCCCCC(C)C)OC(=O)CCCCCCCCC(C)CC. The van der Waals surface area contributed by atoms with Crippen LogP contribution in [0.3, 0.4) is 0 Å². The lowest BCUT2D eigenvalue weighted by atomic mass is 10.00. The zero-order valence-corrected chi connectivity index (χ0v) is 35.4. The molecule has 0 bridgehead atoms. The van der Waals surface area contributed by atoms with Crippen LogP contribution in [0, 0.1) is 11.8 Å². The van der Waals surface area contributed by atoms with Crippen molar-refractivity contribution in [3.8, 4) is 0 Å². The van der Waals surface area contributed by atoms with E-state index in [1.54, 1.807) is 0 Å². The Morgan fingerprint density at radius 3 is 1.10 bits per heavy atom. The number of carbonyl (C=O) groups excluding carboxylic acids is 3. The van der Waals surface area contributed by atoms with Crippen LogP contribution in [0.15, 0.2) is 0 Å². The second kappa shape index (κ2) is 39.1. The molecule has 0 rings (SSSR count). The van der Waals surface area contributed by atoms with Crippen LogP contribution in [0.1, 0.15) is 247 Å². The van der Waals surface area contributed by atoms with E-state index >= 15 is 0 Å². The molecule has 1 unspecified atom stereocenters. The van der Waals surface area contributed by atoms with Crippen molar-refractivity contribution in [3.05, 3.63) is 0 Å². The van der Waals surface area contributed by atoms with Crippen LogP contribution in [0.2, 0.25) is 0 Å². The minimum atomic E-state index is -0.760. The van der Waals surface area contributed by atoms with E-state index in [0.717, 1.165) is 69.6 Å². The summed E-state index contributed by atoms with van der Waals surface area (Å²) in [6.07, 6.45) is 36.6. The van der Waals surface area contributed by atoms with Crippen LogP contribution in [-0.4, -0.2) is 37.2 Å². The van der Waals surface area contributed by atoms with Gasteiger partial charge in [0.2, 0.25) is 0 Å². The molecule has 6 heteroatoms. The first-order chi connectivity index (χ1) is 25.3. The fourth-order valence-electron chi connectivity index (χ4n) is 6.72. The zero-order chi connectivity index (χ0) is 38.3. The molecule has 0 aromatic carbocycles. The van der Waals surface area contributed by atoms with Gasteiger partial charge in [-0.2, -0.15) is 0 Å². The Labute approximate surface area is 323 Å². The van der Waals surface area contributed by atoms with Gasteiger partial charge in [0.1, 0.15) is 13.2 Å². The highest BCUT2D eigenvalue weighted by Gasteiger charge is 2.19. The number of ether oxygens (including phenoxy) is 3. The Morgan fingerprint density at radius 2 is 0.731 bits per heavy atom. The second-order valence-electron chi connectivity index (χ2n) is 16.4. The number of unbranched alkanes of at least 4 members (excludes halogenated alkanes) is 24. The van der Waals surface area contributed by atoms with Gasteiger partial charge in [-0.15, -0.1) is 0 Å². The van der Waals surface area contributed by atoms with Crippen molar-refractivity contribution >= 4 is 17.9 Å². The molecule has 0 aromatic rings. The predicted molar refractivity (Wildman–Crippen MR) is 220 cm³/mol. The Bertz CT molecular complexity index is 796. The average molecular weight is 737 g/mol. The Kier molecular flexibility index (Phi) is 37.9. The van der Waals surface area contributed by atoms with E-state index < -0.39 is 6.10 Å². The molecule has 6 nitrogen and oxygen atoms in total. The van der Waals surface area contributed by atoms with Crippen molar-refractivity contribution in [2.24, 2.45) is 11.8 Å². The second-order valence-corrected chi connectivity index (χ2v) is 16.4. The number of hydrogen-bond acceptors (Lipinski definition) is 6. The molecular weight excluding hydrogens is 648 g/mol. The molecule has 0 spiro atoms. The van der Waals surface area contributed by atoms with Gasteiger partial charge in [0.25, 0.3) is 0 Å². The lowest BCUT2D eigenvalue weighted by molar-refractivity contribution is -0.167. The minimum Gasteiger partial charge on any atom is -0.462 e. The summed E-state index contributed by atoms with van der Waals surface area (Å²) in [6.45, 7) is 11.3. The molecule has 0 radical (unpaired) electrons. The van der Waals surface area contributed by atoms with Gasteiger partial charge >= 0.3 is 17.9 Å². The molecule has 0 fully saturated rings. The topological polar surface area (TPSA) is 78.9 Å². The first-order valence-electron chi connectivity index (χ1n) is 22.8. The molecule has 52 heavy (non-hydrogen) atoms. The largest absolute Gasteiger partial charge is 0.462 e. The van der Waals surface area contributed by atoms with Gasteiger partial charge in [0, 0.05) is 19.3 Å². The maximum atomic E-state index is 12.7. The third-order valence-electron chi connectivity index (χ3n) is 10.6. The summed E-state index contributed by atoms with van der Waals surface area (Å²) >= 11 is 0. The molecule has 0 saturated carbocycles. The van der Waals surface area contributed by atoms with Gasteiger partial charge in [0.05, 0.1) is 0 Å². The first kappa shape index (κ1) is 50.4. The summed E-state index contributed by atoms with van der Waals surface area (Å²) in [5.41, 5.74) is 0. The highest BCUT2D eigenvalue weighted by atomic mass is 16.6. The third-order valence-corrected chi connectivity index (χ3v) is 10.6. The lowest BCUT2D eigenvalue weighted by Crippen LogP contribution is -2.30. The number of hydrogen-bond donors (Lipinski definition) is 0. The van der Waals surface area contributed by atoms with Crippen molar-refractivity contribution in [1.82, 2.24) is 0 Å². The predicted octanol–water partition coefficient (Wildman–Crippen LogP) is 14.2. The number of esters is 3. The fourth-order valence-corrected chi connectivity index (χ4v) is 6.72. The molecule has 0 heterocycles. The van der Waals surface area contributed by atoms with E-state index in [2.05, 4.69) is 34.6 Å². The number of carbonyl (C=O) groups is 3. The van der Waals surface area contributed by atoms with Crippen LogP contribution < -0.4 is 0 Å². The summed E-state index contributed by atoms with van der Waals surface area (Å²) in [4.78, 5) is 37.7. The van der Waals surface area contributed by atoms with Crippen molar-refractivity contribution in [2.75, 3.05) is 13.2 Å². The van der Waals surface area contributed by atoms with Crippen LogP contribution >= 0.6 is 0 Å². The monoisotopic (exact) mass is 737 g/mol. The van der Waals surface area contributed by atoms with Gasteiger partial charge in [-0.25, -0.2) is 0 Å². The first-order valence-corrected chi connectivity index (χ1v) is 22.8. The molecule has 0 amide bonds.